The molecular formula is C55H84O6. The predicted octanol–water partition coefficient (Wildman–Crippen LogP) is 12.4. The van der Waals surface area contributed by atoms with Crippen molar-refractivity contribution in [3.05, 3.63) is 23.3 Å². The summed E-state index contributed by atoms with van der Waals surface area (Å²) in [6, 6.07) is 0. The fourth-order valence-electron chi connectivity index (χ4n) is 19.8. The van der Waals surface area contributed by atoms with E-state index < -0.39 is 0 Å². The Bertz CT molecular complexity index is 1650. The topological polar surface area (TPSA) is 55.4 Å². The van der Waals surface area contributed by atoms with Crippen molar-refractivity contribution in [1.82, 2.24) is 0 Å². The normalized spacial score (nSPS) is 59.3. The van der Waals surface area contributed by atoms with Gasteiger partial charge in [0, 0.05) is 24.7 Å². The Morgan fingerprint density at radius 3 is 1.39 bits per heavy atom. The van der Waals surface area contributed by atoms with E-state index in [4.69, 9.17) is 28.4 Å². The molecule has 4 saturated heterocycles. The number of allylic oxidation sites excluding steroid dienone is 2. The van der Waals surface area contributed by atoms with Crippen LogP contribution in [0.3, 0.4) is 0 Å². The summed E-state index contributed by atoms with van der Waals surface area (Å²) in [5.41, 5.74) is 4.82. The molecule has 0 aromatic heterocycles. The van der Waals surface area contributed by atoms with Crippen molar-refractivity contribution in [2.45, 2.75) is 207 Å². The summed E-state index contributed by atoms with van der Waals surface area (Å²) >= 11 is 0. The lowest BCUT2D eigenvalue weighted by Crippen LogP contribution is -2.52. The van der Waals surface area contributed by atoms with Gasteiger partial charge in [0.15, 0.2) is 11.6 Å². The van der Waals surface area contributed by atoms with Gasteiger partial charge in [-0.15, -0.1) is 0 Å². The molecule has 61 heavy (non-hydrogen) atoms. The van der Waals surface area contributed by atoms with Crippen molar-refractivity contribution < 1.29 is 28.4 Å². The van der Waals surface area contributed by atoms with Gasteiger partial charge < -0.3 is 28.4 Å². The molecule has 22 atom stereocenters. The second kappa shape index (κ2) is 14.4. The molecule has 4 heterocycles. The van der Waals surface area contributed by atoms with E-state index in [1.54, 1.807) is 11.1 Å². The van der Waals surface area contributed by atoms with E-state index in [1.807, 2.05) is 0 Å². The predicted molar refractivity (Wildman–Crippen MR) is 238 cm³/mol. The van der Waals surface area contributed by atoms with Gasteiger partial charge in [-0.2, -0.15) is 0 Å². The van der Waals surface area contributed by atoms with Gasteiger partial charge in [-0.05, 0) is 184 Å². The summed E-state index contributed by atoms with van der Waals surface area (Å²) in [5, 5.41) is 0. The molecule has 12 rings (SSSR count). The van der Waals surface area contributed by atoms with Crippen LogP contribution in [0.15, 0.2) is 23.3 Å². The van der Waals surface area contributed by atoms with E-state index in [1.165, 1.54) is 89.9 Å². The average molecular weight is 841 g/mol. The summed E-state index contributed by atoms with van der Waals surface area (Å²) in [6.07, 6.45) is 29.0. The number of hydrogen-bond acceptors (Lipinski definition) is 6. The lowest BCUT2D eigenvalue weighted by atomic mass is 9.47. The molecule has 8 aliphatic carbocycles. The Balaban J connectivity index is 0.651. The number of hydrogen-bond donors (Lipinski definition) is 0. The first-order chi connectivity index (χ1) is 29.2. The maximum absolute atomic E-state index is 7.06. The van der Waals surface area contributed by atoms with E-state index in [0.29, 0.717) is 88.4 Å². The third-order valence-electron chi connectivity index (χ3n) is 23.3. The molecule has 0 bridgehead atoms. The second-order valence-electron chi connectivity index (χ2n) is 25.7. The van der Waals surface area contributed by atoms with Gasteiger partial charge in [-0.25, -0.2) is 0 Å². The highest BCUT2D eigenvalue weighted by Crippen LogP contribution is 2.73. The maximum atomic E-state index is 7.06. The van der Waals surface area contributed by atoms with Crippen molar-refractivity contribution in [1.29, 1.82) is 0 Å². The second-order valence-corrected chi connectivity index (χ2v) is 25.7. The highest BCUT2D eigenvalue weighted by Gasteiger charge is 2.70. The number of rotatable bonds is 4. The van der Waals surface area contributed by atoms with Crippen LogP contribution in [0.1, 0.15) is 171 Å². The highest BCUT2D eigenvalue weighted by atomic mass is 16.7. The van der Waals surface area contributed by atoms with E-state index in [0.717, 1.165) is 74.4 Å². The van der Waals surface area contributed by atoms with Crippen LogP contribution in [0.25, 0.3) is 0 Å². The molecular weight excluding hydrogens is 757 g/mol. The average Bonchev–Trinajstić information content (AvgIpc) is 3.90. The van der Waals surface area contributed by atoms with Gasteiger partial charge >= 0.3 is 0 Å². The molecule has 4 aliphatic heterocycles. The Hall–Kier alpha value is -0.760. The van der Waals surface area contributed by atoms with E-state index >= 15 is 0 Å². The van der Waals surface area contributed by atoms with Crippen LogP contribution in [-0.4, -0.2) is 56.0 Å². The van der Waals surface area contributed by atoms with Gasteiger partial charge in [-0.1, -0.05) is 78.7 Å². The van der Waals surface area contributed by atoms with E-state index in [-0.39, 0.29) is 11.6 Å². The van der Waals surface area contributed by atoms with Crippen LogP contribution in [0.2, 0.25) is 0 Å². The van der Waals surface area contributed by atoms with Crippen molar-refractivity contribution in [2.24, 2.45) is 92.7 Å². The fraction of sp³-hybridized carbons (Fsp3) is 0.927. The highest BCUT2D eigenvalue weighted by molar-refractivity contribution is 5.28. The first kappa shape index (κ1) is 41.7. The van der Waals surface area contributed by atoms with Crippen LogP contribution in [0, 0.1) is 92.7 Å². The molecule has 10 fully saturated rings. The number of ether oxygens (including phenoxy) is 6. The van der Waals surface area contributed by atoms with Crippen molar-refractivity contribution in [3.8, 4) is 0 Å². The molecule has 0 aromatic rings. The van der Waals surface area contributed by atoms with Gasteiger partial charge in [0.25, 0.3) is 0 Å². The molecule has 0 N–H and O–H groups in total. The van der Waals surface area contributed by atoms with Crippen LogP contribution < -0.4 is 0 Å². The molecule has 12 aliphatic rings. The molecule has 6 saturated carbocycles. The minimum Gasteiger partial charge on any atom is -0.352 e. The van der Waals surface area contributed by atoms with Gasteiger partial charge in [0.05, 0.1) is 37.6 Å². The van der Waals surface area contributed by atoms with Crippen LogP contribution in [0.4, 0.5) is 0 Å². The van der Waals surface area contributed by atoms with Crippen LogP contribution >= 0.6 is 0 Å². The molecule has 6 nitrogen and oxygen atoms in total. The van der Waals surface area contributed by atoms with Crippen LogP contribution in [-0.2, 0) is 28.4 Å². The molecule has 0 unspecified atom stereocenters. The summed E-state index contributed by atoms with van der Waals surface area (Å²) in [4.78, 5) is 0. The lowest BCUT2D eigenvalue weighted by molar-refractivity contribution is -0.272. The van der Waals surface area contributed by atoms with Gasteiger partial charge in [0.1, 0.15) is 6.79 Å². The van der Waals surface area contributed by atoms with E-state index in [2.05, 4.69) is 67.5 Å². The summed E-state index contributed by atoms with van der Waals surface area (Å²) < 4.78 is 40.7. The Labute approximate surface area is 370 Å². The first-order valence-electron chi connectivity index (χ1n) is 26.5. The molecule has 2 spiro atoms. The van der Waals surface area contributed by atoms with E-state index in [9.17, 15) is 0 Å². The zero-order valence-corrected chi connectivity index (χ0v) is 39.7. The van der Waals surface area contributed by atoms with Crippen molar-refractivity contribution in [3.63, 3.8) is 0 Å². The van der Waals surface area contributed by atoms with Crippen molar-refractivity contribution in [2.75, 3.05) is 20.0 Å². The lowest BCUT2D eigenvalue weighted by Gasteiger charge is -2.58. The standard InChI is InChI=1S/C55H84O6/c1-32-13-23-54(58-29-32)34(3)48-46(60-54)27-44-40-11-9-36-25-38(15-19-50(36,5)42(40)17-21-52(44,48)7)56-31-57-39-16-20-51(6)37(26-39)10-12-41-43(51)18-22-53(8)45(41)28-47-49(53)35(4)55(61-47)24-14-33(2)30-59-55/h9-10,32-35,38-49H,11-31H2,1-8H3/t32-,33-,34+,35+,38+,39+,40-,41-,42+,43+,44+,45+,46+,47+,48+,49+,50+,51+,52+,53+,54-,55-/m0/s1. The number of fused-ring (bicyclic) bond motifs is 14. The maximum Gasteiger partial charge on any atom is 0.171 e. The van der Waals surface area contributed by atoms with Gasteiger partial charge in [0.2, 0.25) is 0 Å². The fourth-order valence-corrected chi connectivity index (χ4v) is 19.8. The molecule has 340 valence electrons. The molecule has 6 heteroatoms. The SMILES string of the molecule is C[C@H]1CC[C@]2(OC1)O[C@@H]1C[C@@H]3[C@H]4CC=C5C[C@H](OCO[C@@H]6CC[C@]7(C)C(=CC[C@@H]8[C@H]9C[C@H]%10O[C@@]%11(CC[C@H](C)CO%11)[C@H](C)[C@H]%10[C@]9(C)CC[C@H]87)C6)CC[C@@]5(C)[C@@H]4CC[C@@]3(C)[C@@H]1[C@H]2C. The monoisotopic (exact) mass is 841 g/mol. The third kappa shape index (κ3) is 5.91. The zero-order valence-electron chi connectivity index (χ0n) is 39.7. The molecule has 0 radical (unpaired) electrons. The van der Waals surface area contributed by atoms with Gasteiger partial charge in [-0.3, -0.25) is 0 Å². The van der Waals surface area contributed by atoms with Crippen LogP contribution in [0.5, 0.6) is 0 Å². The summed E-state index contributed by atoms with van der Waals surface area (Å²) in [5.74, 6) is 7.70. The minimum absolute atomic E-state index is 0.292. The Kier molecular flexibility index (Phi) is 9.81. The first-order valence-corrected chi connectivity index (χ1v) is 26.5. The Morgan fingerprint density at radius 1 is 0.541 bits per heavy atom. The minimum atomic E-state index is -0.314. The Morgan fingerprint density at radius 2 is 0.984 bits per heavy atom. The quantitative estimate of drug-likeness (QED) is 0.208. The van der Waals surface area contributed by atoms with Crippen molar-refractivity contribution >= 4 is 0 Å². The smallest absolute Gasteiger partial charge is 0.171 e. The molecule has 0 aromatic carbocycles. The summed E-state index contributed by atoms with van der Waals surface area (Å²) in [7, 11) is 0. The third-order valence-corrected chi connectivity index (χ3v) is 23.3. The molecule has 0 amide bonds. The largest absolute Gasteiger partial charge is 0.352 e. The zero-order chi connectivity index (χ0) is 41.9. The summed E-state index contributed by atoms with van der Waals surface area (Å²) in [6.45, 7) is 22.5.